The van der Waals surface area contributed by atoms with Crippen molar-refractivity contribution in [3.63, 3.8) is 0 Å². The van der Waals surface area contributed by atoms with Gasteiger partial charge >= 0.3 is 10.4 Å². The number of rotatable bonds is 51. The van der Waals surface area contributed by atoms with Gasteiger partial charge in [0, 0.05) is 6.42 Å². The van der Waals surface area contributed by atoms with Gasteiger partial charge in [0.1, 0.15) is 24.4 Å². The molecule has 7 unspecified atom stereocenters. The lowest BCUT2D eigenvalue weighted by Crippen LogP contribution is -2.61. The molecule has 0 saturated carbocycles. The molecule has 13 heteroatoms. The molecule has 1 fully saturated rings. The zero-order valence-electron chi connectivity index (χ0n) is 44.4. The highest BCUT2D eigenvalue weighted by molar-refractivity contribution is 7.80. The summed E-state index contributed by atoms with van der Waals surface area (Å²) in [6.07, 6.45) is 46.5. The molecule has 0 aromatic heterocycles. The van der Waals surface area contributed by atoms with Crippen molar-refractivity contribution < 1.29 is 51.8 Å². The maximum Gasteiger partial charge on any atom is 0.397 e. The molecule has 69 heavy (non-hydrogen) atoms. The van der Waals surface area contributed by atoms with E-state index in [1.165, 1.54) is 205 Å². The second-order valence-corrected chi connectivity index (χ2v) is 21.6. The summed E-state index contributed by atoms with van der Waals surface area (Å²) >= 11 is 0. The van der Waals surface area contributed by atoms with Gasteiger partial charge in [-0.15, -0.1) is 0 Å². The lowest BCUT2D eigenvalue weighted by Gasteiger charge is -2.41. The lowest BCUT2D eigenvalue weighted by atomic mass is 9.99. The van der Waals surface area contributed by atoms with E-state index in [1.807, 2.05) is 0 Å². The van der Waals surface area contributed by atoms with E-state index in [-0.39, 0.29) is 12.5 Å². The van der Waals surface area contributed by atoms with Crippen molar-refractivity contribution in [2.24, 2.45) is 0 Å². The van der Waals surface area contributed by atoms with Crippen LogP contribution < -0.4 is 5.32 Å². The van der Waals surface area contributed by atoms with Crippen molar-refractivity contribution in [3.05, 3.63) is 12.2 Å². The van der Waals surface area contributed by atoms with Crippen molar-refractivity contribution in [2.45, 2.75) is 326 Å². The first-order valence-electron chi connectivity index (χ1n) is 29.1. The fraction of sp³-hybridized carbons (Fsp3) is 0.946. The van der Waals surface area contributed by atoms with Gasteiger partial charge in [0.2, 0.25) is 5.91 Å². The highest BCUT2D eigenvalue weighted by atomic mass is 32.3. The van der Waals surface area contributed by atoms with E-state index < -0.39 is 59.9 Å². The highest BCUT2D eigenvalue weighted by Crippen LogP contribution is 2.26. The highest BCUT2D eigenvalue weighted by Gasteiger charge is 2.48. The molecule has 0 radical (unpaired) electrons. The smallest absolute Gasteiger partial charge is 0.394 e. The van der Waals surface area contributed by atoms with Crippen LogP contribution in [0.1, 0.15) is 284 Å². The Morgan fingerprint density at radius 3 is 1.30 bits per heavy atom. The van der Waals surface area contributed by atoms with E-state index in [0.29, 0.717) is 12.8 Å². The van der Waals surface area contributed by atoms with Crippen molar-refractivity contribution in [1.82, 2.24) is 5.32 Å². The standard InChI is InChI=1S/C56H109NO11S/c1-3-5-7-9-11-13-15-17-19-20-21-22-23-24-25-26-27-28-29-30-32-34-36-38-40-42-44-46-52(60)57-49(48-66-56-54(62)55(68-69(63,64)65)53(61)51(47-58)67-56)50(59)45-43-41-39-37-35-33-31-18-16-14-12-10-8-6-4-2/h24-25,49-51,53-56,58-59,61-62H,3-23,26-48H2,1-2H3,(H,57,60)(H,63,64,65)/b25-24-. The normalized spacial score (nSPS) is 19.7. The minimum absolute atomic E-state index is 0.226. The molecule has 0 spiro atoms. The Morgan fingerprint density at radius 2 is 0.928 bits per heavy atom. The third-order valence-corrected chi connectivity index (χ3v) is 14.5. The van der Waals surface area contributed by atoms with Crippen molar-refractivity contribution in [2.75, 3.05) is 13.2 Å². The van der Waals surface area contributed by atoms with Gasteiger partial charge in [-0.2, -0.15) is 8.42 Å². The summed E-state index contributed by atoms with van der Waals surface area (Å²) in [4.78, 5) is 13.1. The molecule has 1 heterocycles. The summed E-state index contributed by atoms with van der Waals surface area (Å²) in [5.41, 5.74) is 0. The number of hydrogen-bond acceptors (Lipinski definition) is 10. The van der Waals surface area contributed by atoms with Crippen LogP contribution >= 0.6 is 0 Å². The Bertz CT molecular complexity index is 1270. The fourth-order valence-electron chi connectivity index (χ4n) is 9.57. The minimum atomic E-state index is -5.08. The van der Waals surface area contributed by atoms with E-state index in [4.69, 9.17) is 9.47 Å². The SMILES string of the molecule is CCCCCCCCCCCCCC/C=C\CCCCCCCCCCCCCC(=O)NC(COC1OC(CO)C(O)C(OS(=O)(=O)O)C1O)C(O)CCCCCCCCCCCCCCCCC. The zero-order chi connectivity index (χ0) is 50.5. The van der Waals surface area contributed by atoms with Crippen LogP contribution in [0.4, 0.5) is 0 Å². The first kappa shape index (κ1) is 65.9. The van der Waals surface area contributed by atoms with E-state index in [1.54, 1.807) is 0 Å². The summed E-state index contributed by atoms with van der Waals surface area (Å²) in [5.74, 6) is -0.226. The largest absolute Gasteiger partial charge is 0.397 e. The molecule has 1 rings (SSSR count). The lowest BCUT2D eigenvalue weighted by molar-refractivity contribution is -0.298. The van der Waals surface area contributed by atoms with Gasteiger partial charge in [0.25, 0.3) is 0 Å². The first-order chi connectivity index (χ1) is 33.5. The molecule has 1 aliphatic heterocycles. The van der Waals surface area contributed by atoms with Gasteiger partial charge in [-0.05, 0) is 38.5 Å². The predicted molar refractivity (Wildman–Crippen MR) is 282 cm³/mol. The maximum atomic E-state index is 13.1. The molecule has 410 valence electrons. The van der Waals surface area contributed by atoms with Gasteiger partial charge in [-0.3, -0.25) is 9.35 Å². The minimum Gasteiger partial charge on any atom is -0.394 e. The summed E-state index contributed by atoms with van der Waals surface area (Å²) in [6.45, 7) is 3.49. The third-order valence-electron chi connectivity index (χ3n) is 14.1. The fourth-order valence-corrected chi connectivity index (χ4v) is 10.1. The number of carbonyl (C=O) groups excluding carboxylic acids is 1. The van der Waals surface area contributed by atoms with E-state index in [2.05, 4.69) is 35.5 Å². The Labute approximate surface area is 423 Å². The Morgan fingerprint density at radius 1 is 0.565 bits per heavy atom. The summed E-state index contributed by atoms with van der Waals surface area (Å²) < 4.78 is 47.9. The molecular formula is C56H109NO11S. The van der Waals surface area contributed by atoms with Gasteiger partial charge in [-0.25, -0.2) is 4.18 Å². The van der Waals surface area contributed by atoms with Crippen LogP contribution in [0.25, 0.3) is 0 Å². The molecule has 0 bridgehead atoms. The van der Waals surface area contributed by atoms with Crippen LogP contribution in [0.15, 0.2) is 12.2 Å². The number of amides is 1. The molecule has 1 saturated heterocycles. The second-order valence-electron chi connectivity index (χ2n) is 20.6. The Kier molecular flexibility index (Phi) is 44.5. The number of nitrogens with one attached hydrogen (secondary N) is 1. The number of unbranched alkanes of at least 4 members (excludes halogenated alkanes) is 37. The second kappa shape index (κ2) is 46.6. The molecule has 1 aliphatic rings. The summed E-state index contributed by atoms with van der Waals surface area (Å²) in [7, 11) is -5.08. The first-order valence-corrected chi connectivity index (χ1v) is 30.4. The topological polar surface area (TPSA) is 192 Å². The van der Waals surface area contributed by atoms with Gasteiger partial charge in [0.15, 0.2) is 6.29 Å². The molecule has 6 N–H and O–H groups in total. The van der Waals surface area contributed by atoms with Crippen LogP contribution in [0.3, 0.4) is 0 Å². The van der Waals surface area contributed by atoms with Crippen LogP contribution in [-0.4, -0.2) is 95.4 Å². The van der Waals surface area contributed by atoms with Crippen LogP contribution in [0.5, 0.6) is 0 Å². The van der Waals surface area contributed by atoms with Crippen molar-refractivity contribution in [3.8, 4) is 0 Å². The van der Waals surface area contributed by atoms with Gasteiger partial charge in [-0.1, -0.05) is 251 Å². The molecule has 0 aromatic rings. The third kappa shape index (κ3) is 39.0. The summed E-state index contributed by atoms with van der Waals surface area (Å²) in [6, 6.07) is -0.856. The molecule has 1 amide bonds. The van der Waals surface area contributed by atoms with Crippen LogP contribution in [0, 0.1) is 0 Å². The zero-order valence-corrected chi connectivity index (χ0v) is 45.2. The number of ether oxygens (including phenoxy) is 2. The van der Waals surface area contributed by atoms with Crippen LogP contribution in [0.2, 0.25) is 0 Å². The number of hydrogen-bond donors (Lipinski definition) is 6. The average molecular weight is 1000 g/mol. The van der Waals surface area contributed by atoms with E-state index in [9.17, 15) is 38.2 Å². The maximum absolute atomic E-state index is 13.1. The molecule has 7 atom stereocenters. The Balaban J connectivity index is 2.30. The number of carbonyl (C=O) groups is 1. The number of aliphatic hydroxyl groups is 4. The molecular weight excluding hydrogens is 895 g/mol. The molecule has 0 aromatic carbocycles. The number of aliphatic hydroxyl groups excluding tert-OH is 4. The van der Waals surface area contributed by atoms with E-state index in [0.717, 1.165) is 51.4 Å². The molecule has 0 aliphatic carbocycles. The van der Waals surface area contributed by atoms with E-state index >= 15 is 0 Å². The van der Waals surface area contributed by atoms with Crippen molar-refractivity contribution in [1.29, 1.82) is 0 Å². The predicted octanol–water partition coefficient (Wildman–Crippen LogP) is 13.5. The van der Waals surface area contributed by atoms with Crippen LogP contribution in [-0.2, 0) is 28.9 Å². The quantitative estimate of drug-likeness (QED) is 0.0193. The van der Waals surface area contributed by atoms with Crippen molar-refractivity contribution >= 4 is 16.3 Å². The molecule has 12 nitrogen and oxygen atoms in total. The average Bonchev–Trinajstić information content (AvgIpc) is 3.32. The van der Waals surface area contributed by atoms with Gasteiger partial charge < -0.3 is 35.2 Å². The Hall–Kier alpha value is -1.16. The van der Waals surface area contributed by atoms with Gasteiger partial charge in [0.05, 0.1) is 25.4 Å². The summed E-state index contributed by atoms with van der Waals surface area (Å²) in [5, 5.41) is 45.1. The monoisotopic (exact) mass is 1000 g/mol. The number of allylic oxidation sites excluding steroid dienone is 2.